The van der Waals surface area contributed by atoms with E-state index in [1.54, 1.807) is 11.8 Å². The summed E-state index contributed by atoms with van der Waals surface area (Å²) < 4.78 is 11.3. The summed E-state index contributed by atoms with van der Waals surface area (Å²) in [5.74, 6) is 2.64. The molecule has 1 fully saturated rings. The highest BCUT2D eigenvalue weighted by Gasteiger charge is 2.20. The van der Waals surface area contributed by atoms with Crippen molar-refractivity contribution in [1.82, 2.24) is 4.90 Å². The van der Waals surface area contributed by atoms with Gasteiger partial charge in [0.05, 0.1) is 13.2 Å². The zero-order valence-corrected chi connectivity index (χ0v) is 14.1. The van der Waals surface area contributed by atoms with Crippen LogP contribution in [0.3, 0.4) is 0 Å². The number of nitrogens with two attached hydrogens (primary N) is 1. The first-order valence-electron chi connectivity index (χ1n) is 8.28. The van der Waals surface area contributed by atoms with Crippen LogP contribution in [0.25, 0.3) is 0 Å². The Labute approximate surface area is 141 Å². The molecule has 0 aromatic heterocycles. The number of piperidine rings is 1. The number of amides is 1. The van der Waals surface area contributed by atoms with E-state index in [4.69, 9.17) is 15.2 Å². The highest BCUT2D eigenvalue weighted by atomic mass is 32.2. The Morgan fingerprint density at radius 3 is 2.74 bits per heavy atom. The van der Waals surface area contributed by atoms with E-state index in [1.807, 2.05) is 23.1 Å². The Morgan fingerprint density at radius 2 is 1.96 bits per heavy atom. The van der Waals surface area contributed by atoms with Gasteiger partial charge in [0.25, 0.3) is 0 Å². The third kappa shape index (κ3) is 4.54. The average molecular weight is 336 g/mol. The summed E-state index contributed by atoms with van der Waals surface area (Å²) in [5.41, 5.74) is 5.88. The molecule has 3 rings (SSSR count). The maximum Gasteiger partial charge on any atom is 0.223 e. The Bertz CT molecular complexity index is 545. The van der Waals surface area contributed by atoms with Crippen molar-refractivity contribution in [3.8, 4) is 11.5 Å². The molecule has 2 heterocycles. The van der Waals surface area contributed by atoms with Gasteiger partial charge in [0, 0.05) is 42.6 Å². The molecular formula is C17H24N2O3S. The van der Waals surface area contributed by atoms with Crippen molar-refractivity contribution in [3.05, 3.63) is 18.2 Å². The molecule has 0 bridgehead atoms. The van der Waals surface area contributed by atoms with E-state index in [0.29, 0.717) is 19.6 Å². The molecule has 0 saturated carbocycles. The summed E-state index contributed by atoms with van der Waals surface area (Å²) in [6.45, 7) is 2.99. The van der Waals surface area contributed by atoms with Crippen LogP contribution in [0.1, 0.15) is 25.7 Å². The molecule has 5 nitrogen and oxygen atoms in total. The average Bonchev–Trinajstić information content (AvgIpc) is 2.80. The number of benzene rings is 1. The van der Waals surface area contributed by atoms with Gasteiger partial charge < -0.3 is 20.1 Å². The molecule has 1 saturated heterocycles. The van der Waals surface area contributed by atoms with Crippen LogP contribution in [0, 0.1) is 0 Å². The number of ether oxygens (including phenoxy) is 2. The Kier molecular flexibility index (Phi) is 5.67. The molecule has 0 aliphatic carbocycles. The number of rotatable bonds is 4. The van der Waals surface area contributed by atoms with E-state index in [2.05, 4.69) is 0 Å². The molecule has 6 heteroatoms. The molecule has 0 spiro atoms. The van der Waals surface area contributed by atoms with E-state index < -0.39 is 0 Å². The van der Waals surface area contributed by atoms with Gasteiger partial charge >= 0.3 is 0 Å². The predicted octanol–water partition coefficient (Wildman–Crippen LogP) is 2.28. The Balaban J connectivity index is 1.47. The molecule has 1 aromatic carbocycles. The van der Waals surface area contributed by atoms with Gasteiger partial charge in [-0.1, -0.05) is 0 Å². The van der Waals surface area contributed by atoms with E-state index in [0.717, 1.165) is 54.5 Å². The van der Waals surface area contributed by atoms with Gasteiger partial charge in [-0.2, -0.15) is 0 Å². The van der Waals surface area contributed by atoms with Crippen LogP contribution < -0.4 is 15.2 Å². The summed E-state index contributed by atoms with van der Waals surface area (Å²) in [7, 11) is 0. The third-order valence-electron chi connectivity index (χ3n) is 4.20. The molecule has 0 atom stereocenters. The molecule has 2 N–H and O–H groups in total. The van der Waals surface area contributed by atoms with Crippen molar-refractivity contribution in [2.75, 3.05) is 32.1 Å². The molecule has 2 aliphatic heterocycles. The number of hydrogen-bond acceptors (Lipinski definition) is 5. The van der Waals surface area contributed by atoms with E-state index in [9.17, 15) is 4.79 Å². The number of likely N-dealkylation sites (tertiary alicyclic amines) is 1. The van der Waals surface area contributed by atoms with E-state index in [1.165, 1.54) is 0 Å². The minimum absolute atomic E-state index is 0.235. The van der Waals surface area contributed by atoms with Crippen molar-refractivity contribution < 1.29 is 14.3 Å². The molecule has 1 aromatic rings. The second kappa shape index (κ2) is 7.93. The van der Waals surface area contributed by atoms with Gasteiger partial charge in [-0.15, -0.1) is 11.8 Å². The van der Waals surface area contributed by atoms with Crippen molar-refractivity contribution in [1.29, 1.82) is 0 Å². The molecule has 0 radical (unpaired) electrons. The lowest BCUT2D eigenvalue weighted by molar-refractivity contribution is -0.131. The molecule has 0 unspecified atom stereocenters. The van der Waals surface area contributed by atoms with Crippen molar-refractivity contribution in [2.24, 2.45) is 5.73 Å². The van der Waals surface area contributed by atoms with Crippen LogP contribution in [-0.2, 0) is 4.79 Å². The number of carbonyl (C=O) groups is 1. The highest BCUT2D eigenvalue weighted by Crippen LogP contribution is 2.34. The summed E-state index contributed by atoms with van der Waals surface area (Å²) in [5, 5.41) is 0. The number of hydrogen-bond donors (Lipinski definition) is 1. The minimum atomic E-state index is 0.235. The third-order valence-corrected chi connectivity index (χ3v) is 5.19. The van der Waals surface area contributed by atoms with Gasteiger partial charge in [0.2, 0.25) is 5.91 Å². The largest absolute Gasteiger partial charge is 0.490 e. The lowest BCUT2D eigenvalue weighted by atomic mass is 10.1. The van der Waals surface area contributed by atoms with Crippen LogP contribution >= 0.6 is 11.8 Å². The molecule has 2 aliphatic rings. The molecule has 23 heavy (non-hydrogen) atoms. The predicted molar refractivity (Wildman–Crippen MR) is 91.2 cm³/mol. The normalized spacial score (nSPS) is 18.6. The fraction of sp³-hybridized carbons (Fsp3) is 0.588. The topological polar surface area (TPSA) is 64.8 Å². The van der Waals surface area contributed by atoms with Crippen molar-refractivity contribution >= 4 is 17.7 Å². The summed E-state index contributed by atoms with van der Waals surface area (Å²) in [6, 6.07) is 6.25. The molecular weight excluding hydrogens is 312 g/mol. The summed E-state index contributed by atoms with van der Waals surface area (Å²) >= 11 is 1.69. The van der Waals surface area contributed by atoms with Gasteiger partial charge in [-0.3, -0.25) is 4.79 Å². The first-order valence-corrected chi connectivity index (χ1v) is 9.27. The van der Waals surface area contributed by atoms with Crippen LogP contribution in [0.5, 0.6) is 11.5 Å². The van der Waals surface area contributed by atoms with E-state index >= 15 is 0 Å². The first-order chi connectivity index (χ1) is 11.2. The van der Waals surface area contributed by atoms with Crippen LogP contribution in [0.2, 0.25) is 0 Å². The fourth-order valence-corrected chi connectivity index (χ4v) is 3.66. The highest BCUT2D eigenvalue weighted by molar-refractivity contribution is 7.99. The monoisotopic (exact) mass is 336 g/mol. The number of nitrogens with zero attached hydrogens (tertiary/aromatic N) is 1. The smallest absolute Gasteiger partial charge is 0.223 e. The van der Waals surface area contributed by atoms with Crippen LogP contribution in [0.15, 0.2) is 23.1 Å². The van der Waals surface area contributed by atoms with Crippen LogP contribution in [0.4, 0.5) is 0 Å². The number of thioether (sulfide) groups is 1. The zero-order valence-electron chi connectivity index (χ0n) is 13.3. The van der Waals surface area contributed by atoms with Gasteiger partial charge in [-0.05, 0) is 31.0 Å². The molecule has 126 valence electrons. The first kappa shape index (κ1) is 16.5. The second-order valence-electron chi connectivity index (χ2n) is 5.98. The van der Waals surface area contributed by atoms with E-state index in [-0.39, 0.29) is 11.9 Å². The Morgan fingerprint density at radius 1 is 1.22 bits per heavy atom. The quantitative estimate of drug-likeness (QED) is 0.855. The van der Waals surface area contributed by atoms with Crippen molar-refractivity contribution in [3.63, 3.8) is 0 Å². The number of fused-ring (bicyclic) bond motifs is 1. The van der Waals surface area contributed by atoms with Gasteiger partial charge in [-0.25, -0.2) is 0 Å². The van der Waals surface area contributed by atoms with Crippen molar-refractivity contribution in [2.45, 2.75) is 36.6 Å². The van der Waals surface area contributed by atoms with Crippen LogP contribution in [-0.4, -0.2) is 48.9 Å². The summed E-state index contributed by atoms with van der Waals surface area (Å²) in [6.07, 6.45) is 3.31. The maximum absolute atomic E-state index is 12.2. The Hall–Kier alpha value is -1.40. The summed E-state index contributed by atoms with van der Waals surface area (Å²) in [4.78, 5) is 15.3. The molecule has 1 amide bonds. The number of carbonyl (C=O) groups excluding carboxylic acids is 1. The lowest BCUT2D eigenvalue weighted by Crippen LogP contribution is -2.42. The zero-order chi connectivity index (χ0) is 16.1. The second-order valence-corrected chi connectivity index (χ2v) is 7.14. The standard InChI is InChI=1S/C17H24N2O3S/c18-13-4-7-19(8-5-13)17(20)6-11-23-14-2-3-15-16(12-14)22-10-1-9-21-15/h2-3,12-13H,1,4-11,18H2. The van der Waals surface area contributed by atoms with Gasteiger partial charge in [0.1, 0.15) is 0 Å². The lowest BCUT2D eigenvalue weighted by Gasteiger charge is -2.30. The SMILES string of the molecule is NC1CCN(C(=O)CCSc2ccc3c(c2)OCCCO3)CC1. The minimum Gasteiger partial charge on any atom is -0.490 e. The van der Waals surface area contributed by atoms with Gasteiger partial charge in [0.15, 0.2) is 11.5 Å². The fourth-order valence-electron chi connectivity index (χ4n) is 2.80. The maximum atomic E-state index is 12.2.